The van der Waals surface area contributed by atoms with Gasteiger partial charge in [-0.3, -0.25) is 9.59 Å². The lowest BCUT2D eigenvalue weighted by Crippen LogP contribution is -2.30. The Kier molecular flexibility index (Phi) is 5.44. The minimum Gasteiger partial charge on any atom is -0.494 e. The second-order valence-corrected chi connectivity index (χ2v) is 5.51. The number of likely N-dealkylation sites (tertiary alicyclic amines) is 1. The van der Waals surface area contributed by atoms with Crippen LogP contribution in [0, 0.1) is 5.92 Å². The molecule has 1 N–H and O–H groups in total. The molecule has 1 atom stereocenters. The second kappa shape index (κ2) is 7.31. The van der Waals surface area contributed by atoms with Gasteiger partial charge in [-0.25, -0.2) is 0 Å². The van der Waals surface area contributed by atoms with E-state index in [4.69, 9.17) is 21.4 Å². The molecule has 0 aliphatic carbocycles. The Labute approximate surface area is 128 Å². The molecule has 0 radical (unpaired) electrons. The highest BCUT2D eigenvalue weighted by atomic mass is 35.5. The molecule has 5 nitrogen and oxygen atoms in total. The van der Waals surface area contributed by atoms with E-state index in [1.807, 2.05) is 0 Å². The lowest BCUT2D eigenvalue weighted by atomic mass is 10.1. The molecule has 0 unspecified atom stereocenters. The number of carbonyl (C=O) groups is 2. The summed E-state index contributed by atoms with van der Waals surface area (Å²) in [6.45, 7) is 1.31. The van der Waals surface area contributed by atoms with Gasteiger partial charge in [-0.2, -0.15) is 0 Å². The largest absolute Gasteiger partial charge is 0.494 e. The molecule has 1 aromatic rings. The number of rotatable bonds is 6. The van der Waals surface area contributed by atoms with E-state index < -0.39 is 11.9 Å². The van der Waals surface area contributed by atoms with Crippen LogP contribution in [-0.2, 0) is 9.59 Å². The van der Waals surface area contributed by atoms with Crippen molar-refractivity contribution in [1.82, 2.24) is 4.90 Å². The van der Waals surface area contributed by atoms with Crippen molar-refractivity contribution in [3.05, 3.63) is 29.3 Å². The first-order valence-corrected chi connectivity index (χ1v) is 7.33. The van der Waals surface area contributed by atoms with E-state index >= 15 is 0 Å². The zero-order valence-electron chi connectivity index (χ0n) is 11.6. The number of ether oxygens (including phenoxy) is 1. The van der Waals surface area contributed by atoms with Crippen LogP contribution in [0.4, 0.5) is 0 Å². The maximum absolute atomic E-state index is 11.9. The standard InChI is InChI=1S/C15H18ClNO4/c16-12-3-5-13(6-4-12)21-9-1-2-14(18)17-8-7-11(10-17)15(19)20/h3-6,11H,1-2,7-10H2,(H,19,20)/t11-/m1/s1. The highest BCUT2D eigenvalue weighted by molar-refractivity contribution is 6.30. The summed E-state index contributed by atoms with van der Waals surface area (Å²) in [4.78, 5) is 24.4. The number of aliphatic carboxylic acids is 1. The monoisotopic (exact) mass is 311 g/mol. The summed E-state index contributed by atoms with van der Waals surface area (Å²) in [6, 6.07) is 7.06. The van der Waals surface area contributed by atoms with Crippen LogP contribution >= 0.6 is 11.6 Å². The minimum atomic E-state index is -0.823. The van der Waals surface area contributed by atoms with Gasteiger partial charge in [0.15, 0.2) is 0 Å². The van der Waals surface area contributed by atoms with Crippen LogP contribution in [0.25, 0.3) is 0 Å². The van der Waals surface area contributed by atoms with Gasteiger partial charge in [0.25, 0.3) is 0 Å². The summed E-state index contributed by atoms with van der Waals surface area (Å²) in [6.07, 6.45) is 1.53. The topological polar surface area (TPSA) is 66.8 Å². The summed E-state index contributed by atoms with van der Waals surface area (Å²) in [5, 5.41) is 9.56. The van der Waals surface area contributed by atoms with Crippen molar-refractivity contribution in [2.45, 2.75) is 19.3 Å². The number of benzene rings is 1. The van der Waals surface area contributed by atoms with Gasteiger partial charge in [0.05, 0.1) is 12.5 Å². The lowest BCUT2D eigenvalue weighted by Gasteiger charge is -2.15. The minimum absolute atomic E-state index is 0.00143. The van der Waals surface area contributed by atoms with Crippen molar-refractivity contribution < 1.29 is 19.4 Å². The molecule has 1 aliphatic heterocycles. The predicted octanol–water partition coefficient (Wildman–Crippen LogP) is 2.43. The van der Waals surface area contributed by atoms with Crippen molar-refractivity contribution >= 4 is 23.5 Å². The van der Waals surface area contributed by atoms with E-state index in [1.54, 1.807) is 29.2 Å². The molecular formula is C15H18ClNO4. The Morgan fingerprint density at radius 3 is 2.67 bits per heavy atom. The number of hydrogen-bond acceptors (Lipinski definition) is 3. The van der Waals surface area contributed by atoms with Crippen LogP contribution < -0.4 is 4.74 Å². The van der Waals surface area contributed by atoms with Crippen molar-refractivity contribution in [2.75, 3.05) is 19.7 Å². The highest BCUT2D eigenvalue weighted by Crippen LogP contribution is 2.18. The molecule has 0 spiro atoms. The molecule has 6 heteroatoms. The fourth-order valence-electron chi connectivity index (χ4n) is 2.29. The van der Waals surface area contributed by atoms with E-state index in [2.05, 4.69) is 0 Å². The lowest BCUT2D eigenvalue weighted by molar-refractivity contribution is -0.141. The van der Waals surface area contributed by atoms with E-state index in [1.165, 1.54) is 0 Å². The first-order valence-electron chi connectivity index (χ1n) is 6.95. The normalized spacial score (nSPS) is 17.8. The molecule has 1 fully saturated rings. The van der Waals surface area contributed by atoms with Gasteiger partial charge in [0, 0.05) is 24.5 Å². The Hall–Kier alpha value is -1.75. The Balaban J connectivity index is 1.66. The van der Waals surface area contributed by atoms with Crippen LogP contribution in [0.5, 0.6) is 5.75 Å². The molecule has 114 valence electrons. The predicted molar refractivity (Wildman–Crippen MR) is 78.5 cm³/mol. The summed E-state index contributed by atoms with van der Waals surface area (Å²) in [7, 11) is 0. The maximum atomic E-state index is 11.9. The molecule has 0 saturated carbocycles. The highest BCUT2D eigenvalue weighted by Gasteiger charge is 2.30. The van der Waals surface area contributed by atoms with Gasteiger partial charge >= 0.3 is 5.97 Å². The van der Waals surface area contributed by atoms with Crippen LogP contribution in [-0.4, -0.2) is 41.6 Å². The molecule has 1 heterocycles. The van der Waals surface area contributed by atoms with Gasteiger partial charge in [-0.1, -0.05) is 11.6 Å². The van der Waals surface area contributed by atoms with Gasteiger partial charge in [0.2, 0.25) is 5.91 Å². The van der Waals surface area contributed by atoms with Crippen LogP contribution in [0.15, 0.2) is 24.3 Å². The quantitative estimate of drug-likeness (QED) is 0.819. The molecule has 1 aliphatic rings. The molecule has 0 aromatic heterocycles. The third-order valence-corrected chi connectivity index (χ3v) is 3.76. The molecule has 1 amide bonds. The molecule has 2 rings (SSSR count). The number of carbonyl (C=O) groups excluding carboxylic acids is 1. The fraction of sp³-hybridized carbons (Fsp3) is 0.467. The molecule has 21 heavy (non-hydrogen) atoms. The second-order valence-electron chi connectivity index (χ2n) is 5.07. The van der Waals surface area contributed by atoms with E-state index in [0.717, 1.165) is 5.75 Å². The van der Waals surface area contributed by atoms with Crippen LogP contribution in [0.1, 0.15) is 19.3 Å². The number of nitrogens with zero attached hydrogens (tertiary/aromatic N) is 1. The zero-order valence-corrected chi connectivity index (χ0v) is 12.4. The number of carboxylic acid groups (broad SMARTS) is 1. The summed E-state index contributed by atoms with van der Waals surface area (Å²) >= 11 is 5.77. The van der Waals surface area contributed by atoms with E-state index in [0.29, 0.717) is 44.0 Å². The van der Waals surface area contributed by atoms with Crippen LogP contribution in [0.2, 0.25) is 5.02 Å². The first kappa shape index (κ1) is 15.6. The van der Waals surface area contributed by atoms with Gasteiger partial charge in [-0.15, -0.1) is 0 Å². The fourth-order valence-corrected chi connectivity index (χ4v) is 2.42. The number of amides is 1. The molecule has 1 aromatic carbocycles. The van der Waals surface area contributed by atoms with Gasteiger partial charge < -0.3 is 14.7 Å². The van der Waals surface area contributed by atoms with Crippen molar-refractivity contribution in [1.29, 1.82) is 0 Å². The van der Waals surface area contributed by atoms with Crippen LogP contribution in [0.3, 0.4) is 0 Å². The maximum Gasteiger partial charge on any atom is 0.308 e. The van der Waals surface area contributed by atoms with Crippen molar-refractivity contribution in [3.63, 3.8) is 0 Å². The number of halogens is 1. The van der Waals surface area contributed by atoms with E-state index in [-0.39, 0.29) is 5.91 Å². The average molecular weight is 312 g/mol. The Morgan fingerprint density at radius 2 is 2.05 bits per heavy atom. The molecule has 1 saturated heterocycles. The summed E-state index contributed by atoms with van der Waals surface area (Å²) in [5.74, 6) is -0.520. The zero-order chi connectivity index (χ0) is 15.2. The van der Waals surface area contributed by atoms with Gasteiger partial charge in [0.1, 0.15) is 5.75 Å². The first-order chi connectivity index (χ1) is 10.1. The Morgan fingerprint density at radius 1 is 1.33 bits per heavy atom. The summed E-state index contributed by atoms with van der Waals surface area (Å²) < 4.78 is 5.51. The third kappa shape index (κ3) is 4.63. The molecular weight excluding hydrogens is 294 g/mol. The number of hydrogen-bond donors (Lipinski definition) is 1. The smallest absolute Gasteiger partial charge is 0.308 e. The SMILES string of the molecule is O=C(O)[C@@H]1CCN(C(=O)CCCOc2ccc(Cl)cc2)C1. The third-order valence-electron chi connectivity index (χ3n) is 3.51. The number of carboxylic acids is 1. The average Bonchev–Trinajstić information content (AvgIpc) is 2.95. The van der Waals surface area contributed by atoms with Gasteiger partial charge in [-0.05, 0) is 37.1 Å². The van der Waals surface area contributed by atoms with Crippen molar-refractivity contribution in [2.24, 2.45) is 5.92 Å². The van der Waals surface area contributed by atoms with Crippen molar-refractivity contribution in [3.8, 4) is 5.75 Å². The van der Waals surface area contributed by atoms with E-state index in [9.17, 15) is 9.59 Å². The molecule has 0 bridgehead atoms. The summed E-state index contributed by atoms with van der Waals surface area (Å²) in [5.41, 5.74) is 0. The Bertz CT molecular complexity index is 503.